The van der Waals surface area contributed by atoms with Crippen molar-refractivity contribution in [3.8, 4) is 0 Å². The van der Waals surface area contributed by atoms with Crippen LogP contribution in [0, 0.1) is 0 Å². The first-order valence-corrected chi connectivity index (χ1v) is 30.4. The lowest BCUT2D eigenvalue weighted by Gasteiger charge is -2.18. The molecule has 0 heterocycles. The number of hydrogen-bond acceptors (Lipinski definition) is 6. The quantitative estimate of drug-likeness (QED) is 0.0261. The number of ether oxygens (including phenoxy) is 3. The van der Waals surface area contributed by atoms with Crippen LogP contribution in [0.5, 0.6) is 0 Å². The summed E-state index contributed by atoms with van der Waals surface area (Å²) in [7, 11) is 0. The van der Waals surface area contributed by atoms with Crippen LogP contribution in [0.2, 0.25) is 0 Å². The summed E-state index contributed by atoms with van der Waals surface area (Å²) in [6, 6.07) is 0. The Kier molecular flexibility index (Phi) is 57.4. The van der Waals surface area contributed by atoms with Gasteiger partial charge in [-0.25, -0.2) is 0 Å². The number of esters is 3. The zero-order chi connectivity index (χ0) is 52.9. The molecule has 0 spiro atoms. The Hall–Kier alpha value is -3.93. The molecule has 0 aliphatic heterocycles. The average Bonchev–Trinajstić information content (AvgIpc) is 3.39. The van der Waals surface area contributed by atoms with Crippen LogP contribution in [0.3, 0.4) is 0 Å². The lowest BCUT2D eigenvalue weighted by atomic mass is 10.0. The van der Waals surface area contributed by atoms with Crippen LogP contribution in [0.25, 0.3) is 0 Å². The predicted octanol–water partition coefficient (Wildman–Crippen LogP) is 20.7. The Morgan fingerprint density at radius 2 is 0.534 bits per heavy atom. The Balaban J connectivity index is 4.36. The summed E-state index contributed by atoms with van der Waals surface area (Å²) in [5, 5.41) is 0. The van der Waals surface area contributed by atoms with Crippen LogP contribution in [0.4, 0.5) is 0 Å². The van der Waals surface area contributed by atoms with Gasteiger partial charge in [-0.15, -0.1) is 0 Å². The lowest BCUT2D eigenvalue weighted by molar-refractivity contribution is -0.167. The summed E-state index contributed by atoms with van der Waals surface area (Å²) in [5.41, 5.74) is 0. The second kappa shape index (κ2) is 60.6. The van der Waals surface area contributed by atoms with Crippen molar-refractivity contribution in [2.24, 2.45) is 0 Å². The van der Waals surface area contributed by atoms with Gasteiger partial charge in [0.15, 0.2) is 6.10 Å². The molecule has 0 aromatic carbocycles. The fourth-order valence-electron chi connectivity index (χ4n) is 8.24. The van der Waals surface area contributed by atoms with Gasteiger partial charge >= 0.3 is 17.9 Å². The van der Waals surface area contributed by atoms with E-state index in [0.717, 1.165) is 122 Å². The van der Waals surface area contributed by atoms with Gasteiger partial charge in [-0.05, 0) is 122 Å². The van der Waals surface area contributed by atoms with Crippen LogP contribution >= 0.6 is 0 Å². The molecule has 6 nitrogen and oxygen atoms in total. The molecule has 1 atom stereocenters. The van der Waals surface area contributed by atoms with E-state index in [4.69, 9.17) is 14.2 Å². The summed E-state index contributed by atoms with van der Waals surface area (Å²) < 4.78 is 16.8. The van der Waals surface area contributed by atoms with Crippen LogP contribution in [-0.2, 0) is 28.6 Å². The molecular formula is C67H112O6. The van der Waals surface area contributed by atoms with E-state index in [1.54, 1.807) is 0 Å². The highest BCUT2D eigenvalue weighted by Crippen LogP contribution is 2.15. The molecule has 0 bridgehead atoms. The van der Waals surface area contributed by atoms with Crippen molar-refractivity contribution in [1.82, 2.24) is 0 Å². The molecule has 6 heteroatoms. The number of unbranched alkanes of at least 4 members (excludes halogenated alkanes) is 25. The monoisotopic (exact) mass is 1010 g/mol. The lowest BCUT2D eigenvalue weighted by Crippen LogP contribution is -2.30. The van der Waals surface area contributed by atoms with Crippen molar-refractivity contribution in [2.45, 2.75) is 284 Å². The van der Waals surface area contributed by atoms with Gasteiger partial charge in [-0.2, -0.15) is 0 Å². The molecule has 0 aliphatic rings. The first-order chi connectivity index (χ1) is 36.0. The van der Waals surface area contributed by atoms with Gasteiger partial charge in [0.2, 0.25) is 0 Å². The molecule has 0 saturated heterocycles. The molecule has 0 fully saturated rings. The van der Waals surface area contributed by atoms with Gasteiger partial charge in [0, 0.05) is 19.3 Å². The Morgan fingerprint density at radius 3 is 0.863 bits per heavy atom. The first kappa shape index (κ1) is 69.1. The van der Waals surface area contributed by atoms with E-state index < -0.39 is 6.10 Å². The molecule has 0 N–H and O–H groups in total. The second-order valence-corrected chi connectivity index (χ2v) is 19.8. The zero-order valence-corrected chi connectivity index (χ0v) is 47.6. The highest BCUT2D eigenvalue weighted by atomic mass is 16.6. The maximum atomic E-state index is 12.8. The summed E-state index contributed by atoms with van der Waals surface area (Å²) >= 11 is 0. The van der Waals surface area contributed by atoms with Crippen molar-refractivity contribution in [3.05, 3.63) is 109 Å². The average molecular weight is 1010 g/mol. The topological polar surface area (TPSA) is 78.9 Å². The number of rotatable bonds is 54. The van der Waals surface area contributed by atoms with Crippen molar-refractivity contribution in [3.63, 3.8) is 0 Å². The minimum absolute atomic E-state index is 0.102. The summed E-state index contributed by atoms with van der Waals surface area (Å²) in [6.07, 6.45) is 82.4. The summed E-state index contributed by atoms with van der Waals surface area (Å²) in [4.78, 5) is 38.2. The Labute approximate surface area is 450 Å². The fourth-order valence-corrected chi connectivity index (χ4v) is 8.24. The van der Waals surface area contributed by atoms with Gasteiger partial charge in [-0.1, -0.05) is 246 Å². The predicted molar refractivity (Wildman–Crippen MR) is 316 cm³/mol. The van der Waals surface area contributed by atoms with Crippen molar-refractivity contribution < 1.29 is 28.6 Å². The standard InChI is InChI=1S/C67H112O6/c1-4-7-10-13-16-19-22-25-28-29-30-31-32-33-34-35-36-37-40-42-45-48-51-54-57-60-66(69)72-63-64(73-67(70)61-58-55-52-49-46-43-39-27-24-21-18-15-12-9-6-3)62-71-65(68)59-56-53-50-47-44-41-38-26-23-20-17-14-11-8-5-2/h8-9,11-12,17-18,20-22,25-27,29-30,38-39,46,49,64H,4-7,10,13-16,19,23-24,28,31-37,40-45,47-48,50-63H2,1-3H3/b11-8-,12-9-,20-17-,21-18-,25-22-,30-29-,38-26-,39-27-,49-46-. The van der Waals surface area contributed by atoms with Gasteiger partial charge in [0.05, 0.1) is 0 Å². The van der Waals surface area contributed by atoms with Gasteiger partial charge in [-0.3, -0.25) is 14.4 Å². The van der Waals surface area contributed by atoms with E-state index >= 15 is 0 Å². The number of hydrogen-bond donors (Lipinski definition) is 0. The SMILES string of the molecule is CC/C=C\C/C=C\C/C=C\C/C=C\CCCCC(=O)OC(COC(=O)CCCCCCC/C=C\C/C=C\C/C=C\CC)COC(=O)CCCCCCCCCCCCCCC/C=C\C/C=C\CCCCCCC. The highest BCUT2D eigenvalue weighted by Gasteiger charge is 2.19. The summed E-state index contributed by atoms with van der Waals surface area (Å²) in [6.45, 7) is 6.36. The maximum absolute atomic E-state index is 12.8. The third kappa shape index (κ3) is 58.8. The van der Waals surface area contributed by atoms with Crippen molar-refractivity contribution >= 4 is 17.9 Å². The Bertz CT molecular complexity index is 1490. The van der Waals surface area contributed by atoms with Crippen LogP contribution in [-0.4, -0.2) is 37.2 Å². The second-order valence-electron chi connectivity index (χ2n) is 19.8. The third-order valence-electron chi connectivity index (χ3n) is 12.7. The van der Waals surface area contributed by atoms with E-state index in [-0.39, 0.29) is 37.5 Å². The van der Waals surface area contributed by atoms with Crippen molar-refractivity contribution in [2.75, 3.05) is 13.2 Å². The van der Waals surface area contributed by atoms with Crippen molar-refractivity contribution in [1.29, 1.82) is 0 Å². The minimum atomic E-state index is -0.810. The molecule has 0 aromatic rings. The zero-order valence-electron chi connectivity index (χ0n) is 47.6. The molecule has 73 heavy (non-hydrogen) atoms. The molecule has 0 radical (unpaired) electrons. The first-order valence-electron chi connectivity index (χ1n) is 30.4. The molecule has 0 aliphatic carbocycles. The molecule has 0 aromatic heterocycles. The largest absolute Gasteiger partial charge is 0.462 e. The Morgan fingerprint density at radius 1 is 0.288 bits per heavy atom. The molecule has 0 rings (SSSR count). The van der Waals surface area contributed by atoms with Crippen LogP contribution in [0.15, 0.2) is 109 Å². The minimum Gasteiger partial charge on any atom is -0.462 e. The molecule has 0 amide bonds. The van der Waals surface area contributed by atoms with E-state index in [1.807, 2.05) is 0 Å². The molecular weight excluding hydrogens is 901 g/mol. The smallest absolute Gasteiger partial charge is 0.306 e. The van der Waals surface area contributed by atoms with Crippen LogP contribution < -0.4 is 0 Å². The number of carbonyl (C=O) groups is 3. The maximum Gasteiger partial charge on any atom is 0.306 e. The molecule has 1 unspecified atom stereocenters. The number of allylic oxidation sites excluding steroid dienone is 18. The number of carbonyl (C=O) groups excluding carboxylic acids is 3. The van der Waals surface area contributed by atoms with E-state index in [9.17, 15) is 14.4 Å². The van der Waals surface area contributed by atoms with E-state index in [2.05, 4.69) is 130 Å². The normalized spacial score (nSPS) is 12.9. The van der Waals surface area contributed by atoms with Gasteiger partial charge in [0.25, 0.3) is 0 Å². The summed E-state index contributed by atoms with van der Waals surface area (Å²) in [5.74, 6) is -0.959. The molecule has 0 saturated carbocycles. The van der Waals surface area contributed by atoms with Crippen LogP contribution in [0.1, 0.15) is 278 Å². The van der Waals surface area contributed by atoms with Gasteiger partial charge in [0.1, 0.15) is 13.2 Å². The fraction of sp³-hybridized carbons (Fsp3) is 0.687. The molecule has 416 valence electrons. The highest BCUT2D eigenvalue weighted by molar-refractivity contribution is 5.71. The van der Waals surface area contributed by atoms with Gasteiger partial charge < -0.3 is 14.2 Å². The third-order valence-corrected chi connectivity index (χ3v) is 12.7. The van der Waals surface area contributed by atoms with E-state index in [0.29, 0.717) is 19.3 Å². The van der Waals surface area contributed by atoms with E-state index in [1.165, 1.54) is 109 Å².